The first-order valence-electron chi connectivity index (χ1n) is 8.69. The molecule has 8 nitrogen and oxygen atoms in total. The van der Waals surface area contributed by atoms with Gasteiger partial charge in [-0.25, -0.2) is 9.59 Å². The van der Waals surface area contributed by atoms with Gasteiger partial charge >= 0.3 is 12.2 Å². The predicted octanol–water partition coefficient (Wildman–Crippen LogP) is 2.30. The lowest BCUT2D eigenvalue weighted by Gasteiger charge is -2.27. The van der Waals surface area contributed by atoms with Gasteiger partial charge in [-0.2, -0.15) is 0 Å². The molecule has 1 atom stereocenters. The quantitative estimate of drug-likeness (QED) is 0.890. The Labute approximate surface area is 153 Å². The third-order valence-corrected chi connectivity index (χ3v) is 4.10. The number of nitrogens with zero attached hydrogens (tertiary/aromatic N) is 2. The van der Waals surface area contributed by atoms with Crippen LogP contribution in [0.4, 0.5) is 15.3 Å². The van der Waals surface area contributed by atoms with Gasteiger partial charge in [0.2, 0.25) is 5.91 Å². The number of alkyl carbamates (subject to hydrolysis) is 1. The Bertz CT molecular complexity index is 664. The molecule has 3 amide bonds. The van der Waals surface area contributed by atoms with Crippen LogP contribution in [-0.2, 0) is 14.3 Å². The van der Waals surface area contributed by atoms with Gasteiger partial charge in [0, 0.05) is 32.1 Å². The van der Waals surface area contributed by atoms with Crippen molar-refractivity contribution in [2.24, 2.45) is 0 Å². The molecule has 1 aromatic rings. The minimum atomic E-state index is -0.726. The van der Waals surface area contributed by atoms with E-state index in [0.29, 0.717) is 17.8 Å². The topological polar surface area (TPSA) is 88.2 Å². The number of benzene rings is 1. The zero-order chi connectivity index (χ0) is 19.1. The molecular weight excluding hydrogens is 338 g/mol. The standard InChI is InChI=1S/C18H25N3O5/c1-4-19-17(23)26-15-12-21(18(24)25-5-2)11-10-16(22)20(3)14-9-7-6-8-13(14)15/h6-9,15H,4-5,10-12H2,1-3H3,(H,19,23). The maximum atomic E-state index is 12.5. The molecule has 1 aromatic carbocycles. The molecule has 1 aliphatic rings. The SMILES string of the molecule is CCNC(=O)OC1CN(C(=O)OCC)CCC(=O)N(C)c2ccccc21. The molecule has 0 radical (unpaired) electrons. The fourth-order valence-electron chi connectivity index (χ4n) is 2.78. The highest BCUT2D eigenvalue weighted by molar-refractivity contribution is 5.94. The van der Waals surface area contributed by atoms with Gasteiger partial charge < -0.3 is 24.6 Å². The molecule has 2 rings (SSSR count). The number of carbonyl (C=O) groups is 3. The van der Waals surface area contributed by atoms with Crippen LogP contribution in [0.25, 0.3) is 0 Å². The molecular formula is C18H25N3O5. The van der Waals surface area contributed by atoms with Crippen LogP contribution >= 0.6 is 0 Å². The summed E-state index contributed by atoms with van der Waals surface area (Å²) >= 11 is 0. The first-order valence-corrected chi connectivity index (χ1v) is 8.69. The number of fused-ring (bicyclic) bond motifs is 1. The lowest BCUT2D eigenvalue weighted by atomic mass is 10.1. The highest BCUT2D eigenvalue weighted by atomic mass is 16.6. The van der Waals surface area contributed by atoms with Crippen molar-refractivity contribution in [3.8, 4) is 0 Å². The molecule has 1 heterocycles. The smallest absolute Gasteiger partial charge is 0.409 e. The summed E-state index contributed by atoms with van der Waals surface area (Å²) in [6.45, 7) is 4.44. The zero-order valence-electron chi connectivity index (χ0n) is 15.4. The van der Waals surface area contributed by atoms with E-state index in [9.17, 15) is 14.4 Å². The molecule has 0 saturated heterocycles. The van der Waals surface area contributed by atoms with Crippen LogP contribution < -0.4 is 10.2 Å². The highest BCUT2D eigenvalue weighted by Crippen LogP contribution is 2.31. The Morgan fingerprint density at radius 1 is 1.27 bits per heavy atom. The Morgan fingerprint density at radius 3 is 2.69 bits per heavy atom. The summed E-state index contributed by atoms with van der Waals surface area (Å²) in [5.74, 6) is -0.134. The van der Waals surface area contributed by atoms with Crippen LogP contribution in [0, 0.1) is 0 Å². The van der Waals surface area contributed by atoms with E-state index in [4.69, 9.17) is 9.47 Å². The number of anilines is 1. The van der Waals surface area contributed by atoms with E-state index in [1.165, 1.54) is 9.80 Å². The number of amides is 3. The van der Waals surface area contributed by atoms with Gasteiger partial charge in [0.25, 0.3) is 0 Å². The second-order valence-electron chi connectivity index (χ2n) is 5.83. The van der Waals surface area contributed by atoms with Crippen molar-refractivity contribution in [1.82, 2.24) is 10.2 Å². The van der Waals surface area contributed by atoms with E-state index in [1.807, 2.05) is 6.07 Å². The van der Waals surface area contributed by atoms with Crippen molar-refractivity contribution in [2.45, 2.75) is 26.4 Å². The third-order valence-electron chi connectivity index (χ3n) is 4.10. The largest absolute Gasteiger partial charge is 0.450 e. The summed E-state index contributed by atoms with van der Waals surface area (Å²) in [5.41, 5.74) is 1.31. The van der Waals surface area contributed by atoms with Gasteiger partial charge in [-0.05, 0) is 19.9 Å². The molecule has 1 unspecified atom stereocenters. The lowest BCUT2D eigenvalue weighted by molar-refractivity contribution is -0.118. The zero-order valence-corrected chi connectivity index (χ0v) is 15.4. The molecule has 0 aromatic heterocycles. The van der Waals surface area contributed by atoms with Crippen molar-refractivity contribution in [3.05, 3.63) is 29.8 Å². The highest BCUT2D eigenvalue weighted by Gasteiger charge is 2.30. The monoisotopic (exact) mass is 363 g/mol. The van der Waals surface area contributed by atoms with Crippen molar-refractivity contribution in [1.29, 1.82) is 0 Å². The molecule has 1 N–H and O–H groups in total. The van der Waals surface area contributed by atoms with Crippen molar-refractivity contribution < 1.29 is 23.9 Å². The molecule has 0 aliphatic carbocycles. The fraction of sp³-hybridized carbons (Fsp3) is 0.500. The van der Waals surface area contributed by atoms with Gasteiger partial charge in [0.15, 0.2) is 0 Å². The van der Waals surface area contributed by atoms with Gasteiger partial charge in [0.05, 0.1) is 18.8 Å². The first-order chi connectivity index (χ1) is 12.5. The van der Waals surface area contributed by atoms with Crippen LogP contribution in [0.15, 0.2) is 24.3 Å². The molecule has 0 spiro atoms. The number of ether oxygens (including phenoxy) is 2. The normalized spacial score (nSPS) is 17.5. The van der Waals surface area contributed by atoms with Crippen molar-refractivity contribution in [3.63, 3.8) is 0 Å². The number of para-hydroxylation sites is 1. The summed E-state index contributed by atoms with van der Waals surface area (Å²) in [6.07, 6.45) is -1.69. The van der Waals surface area contributed by atoms with Crippen LogP contribution in [0.3, 0.4) is 0 Å². The fourth-order valence-corrected chi connectivity index (χ4v) is 2.78. The summed E-state index contributed by atoms with van der Waals surface area (Å²) in [5, 5.41) is 2.59. The van der Waals surface area contributed by atoms with Gasteiger partial charge in [-0.1, -0.05) is 18.2 Å². The van der Waals surface area contributed by atoms with Crippen LogP contribution in [0.5, 0.6) is 0 Å². The van der Waals surface area contributed by atoms with E-state index in [2.05, 4.69) is 5.32 Å². The maximum absolute atomic E-state index is 12.5. The first kappa shape index (κ1) is 19.6. The van der Waals surface area contributed by atoms with Crippen molar-refractivity contribution in [2.75, 3.05) is 38.2 Å². The second-order valence-corrected chi connectivity index (χ2v) is 5.83. The number of hydrogen-bond acceptors (Lipinski definition) is 5. The average Bonchev–Trinajstić information content (AvgIpc) is 2.67. The van der Waals surface area contributed by atoms with E-state index in [1.54, 1.807) is 39.1 Å². The van der Waals surface area contributed by atoms with Gasteiger partial charge in [-0.3, -0.25) is 4.79 Å². The Balaban J connectivity index is 2.41. The molecule has 0 fully saturated rings. The Morgan fingerprint density at radius 2 is 2.00 bits per heavy atom. The Kier molecular flexibility index (Phi) is 6.82. The minimum absolute atomic E-state index is 0.105. The van der Waals surface area contributed by atoms with E-state index >= 15 is 0 Å². The number of carbonyl (C=O) groups excluding carboxylic acids is 3. The number of rotatable bonds is 3. The average molecular weight is 363 g/mol. The van der Waals surface area contributed by atoms with Gasteiger partial charge in [0.1, 0.15) is 6.10 Å². The summed E-state index contributed by atoms with van der Waals surface area (Å²) in [4.78, 5) is 39.7. The van der Waals surface area contributed by atoms with Crippen LogP contribution in [-0.4, -0.2) is 56.3 Å². The predicted molar refractivity (Wildman–Crippen MR) is 96.0 cm³/mol. The maximum Gasteiger partial charge on any atom is 0.409 e. The van der Waals surface area contributed by atoms with Crippen molar-refractivity contribution >= 4 is 23.8 Å². The molecule has 26 heavy (non-hydrogen) atoms. The van der Waals surface area contributed by atoms with Gasteiger partial charge in [-0.15, -0.1) is 0 Å². The van der Waals surface area contributed by atoms with E-state index in [-0.39, 0.29) is 32.0 Å². The summed E-state index contributed by atoms with van der Waals surface area (Å²) in [6, 6.07) is 7.20. The minimum Gasteiger partial charge on any atom is -0.450 e. The van der Waals surface area contributed by atoms with E-state index in [0.717, 1.165) is 0 Å². The molecule has 0 saturated carbocycles. The Hall–Kier alpha value is -2.77. The molecule has 142 valence electrons. The number of nitrogens with one attached hydrogen (secondary N) is 1. The molecule has 8 heteroatoms. The lowest BCUT2D eigenvalue weighted by Crippen LogP contribution is -2.38. The number of hydrogen-bond donors (Lipinski definition) is 1. The molecule has 0 bridgehead atoms. The van der Waals surface area contributed by atoms with E-state index < -0.39 is 18.3 Å². The summed E-state index contributed by atoms with van der Waals surface area (Å²) < 4.78 is 10.6. The summed E-state index contributed by atoms with van der Waals surface area (Å²) in [7, 11) is 1.67. The third kappa shape index (κ3) is 4.65. The van der Waals surface area contributed by atoms with Crippen LogP contribution in [0.1, 0.15) is 31.9 Å². The molecule has 1 aliphatic heterocycles. The van der Waals surface area contributed by atoms with Crippen LogP contribution in [0.2, 0.25) is 0 Å². The second kappa shape index (κ2) is 9.07.